The van der Waals surface area contributed by atoms with Crippen LogP contribution in [0.25, 0.3) is 0 Å². The van der Waals surface area contributed by atoms with Crippen molar-refractivity contribution in [2.75, 3.05) is 5.73 Å². The van der Waals surface area contributed by atoms with Crippen LogP contribution in [-0.4, -0.2) is 21.7 Å². The number of nitrogens with two attached hydrogens (primary N) is 1. The van der Waals surface area contributed by atoms with Gasteiger partial charge in [-0.2, -0.15) is 5.10 Å². The number of aromatic nitrogens is 2. The SMILES string of the molecule is CCC(CC)NC(=O)C(C)n1nc(C)c(N)c1C. The van der Waals surface area contributed by atoms with Gasteiger partial charge in [-0.1, -0.05) is 13.8 Å². The molecule has 1 aromatic heterocycles. The molecule has 1 rings (SSSR count). The van der Waals surface area contributed by atoms with Crippen molar-refractivity contribution in [3.63, 3.8) is 0 Å². The van der Waals surface area contributed by atoms with Crippen molar-refractivity contribution in [1.82, 2.24) is 15.1 Å². The smallest absolute Gasteiger partial charge is 0.244 e. The fourth-order valence-corrected chi connectivity index (χ4v) is 1.98. The Balaban J connectivity index is 2.83. The molecule has 1 heterocycles. The summed E-state index contributed by atoms with van der Waals surface area (Å²) in [5.74, 6) is -0.00528. The molecule has 5 heteroatoms. The third-order valence-corrected chi connectivity index (χ3v) is 3.46. The maximum Gasteiger partial charge on any atom is 0.244 e. The van der Waals surface area contributed by atoms with E-state index in [4.69, 9.17) is 5.73 Å². The van der Waals surface area contributed by atoms with E-state index in [1.54, 1.807) is 4.68 Å². The summed E-state index contributed by atoms with van der Waals surface area (Å²) in [6.07, 6.45) is 1.88. The summed E-state index contributed by atoms with van der Waals surface area (Å²) in [6, 6.07) is -0.101. The monoisotopic (exact) mass is 252 g/mol. The van der Waals surface area contributed by atoms with Crippen LogP contribution in [0.5, 0.6) is 0 Å². The highest BCUT2D eigenvalue weighted by Gasteiger charge is 2.21. The Hall–Kier alpha value is -1.52. The third kappa shape index (κ3) is 2.83. The highest BCUT2D eigenvalue weighted by atomic mass is 16.2. The first-order valence-corrected chi connectivity index (χ1v) is 6.53. The van der Waals surface area contributed by atoms with Crippen LogP contribution < -0.4 is 11.1 Å². The summed E-state index contributed by atoms with van der Waals surface area (Å²) < 4.78 is 1.70. The van der Waals surface area contributed by atoms with E-state index in [-0.39, 0.29) is 18.0 Å². The molecule has 0 bridgehead atoms. The zero-order valence-electron chi connectivity index (χ0n) is 11.9. The number of carbonyl (C=O) groups is 1. The molecular weight excluding hydrogens is 228 g/mol. The number of hydrogen-bond acceptors (Lipinski definition) is 3. The number of rotatable bonds is 5. The molecule has 0 aromatic carbocycles. The van der Waals surface area contributed by atoms with Crippen molar-refractivity contribution in [2.45, 2.75) is 59.5 Å². The highest BCUT2D eigenvalue weighted by molar-refractivity contribution is 5.80. The molecule has 18 heavy (non-hydrogen) atoms. The normalized spacial score (nSPS) is 12.8. The summed E-state index contributed by atoms with van der Waals surface area (Å²) in [5, 5.41) is 7.35. The van der Waals surface area contributed by atoms with Gasteiger partial charge in [-0.05, 0) is 33.6 Å². The molecule has 0 saturated carbocycles. The standard InChI is InChI=1S/C13H24N4O/c1-6-11(7-2)15-13(18)10(5)17-9(4)12(14)8(3)16-17/h10-11H,6-7,14H2,1-5H3,(H,15,18). The number of aryl methyl sites for hydroxylation is 1. The number of nitrogens with one attached hydrogen (secondary N) is 1. The Labute approximate surface area is 109 Å². The molecule has 3 N–H and O–H groups in total. The van der Waals surface area contributed by atoms with Gasteiger partial charge in [-0.15, -0.1) is 0 Å². The Kier molecular flexibility index (Phi) is 4.76. The highest BCUT2D eigenvalue weighted by Crippen LogP contribution is 2.19. The largest absolute Gasteiger partial charge is 0.396 e. The van der Waals surface area contributed by atoms with E-state index in [1.165, 1.54) is 0 Å². The van der Waals surface area contributed by atoms with Crippen LogP contribution in [0.2, 0.25) is 0 Å². The fraction of sp³-hybridized carbons (Fsp3) is 0.692. The maximum absolute atomic E-state index is 12.1. The summed E-state index contributed by atoms with van der Waals surface area (Å²) in [6.45, 7) is 9.72. The Morgan fingerprint density at radius 3 is 2.33 bits per heavy atom. The van der Waals surface area contributed by atoms with Crippen molar-refractivity contribution in [2.24, 2.45) is 0 Å². The van der Waals surface area contributed by atoms with Crippen LogP contribution in [-0.2, 0) is 4.79 Å². The van der Waals surface area contributed by atoms with Crippen molar-refractivity contribution >= 4 is 11.6 Å². The zero-order valence-corrected chi connectivity index (χ0v) is 11.9. The summed E-state index contributed by atoms with van der Waals surface area (Å²) in [5.41, 5.74) is 8.16. The minimum absolute atomic E-state index is 0.00528. The first-order chi connectivity index (χ1) is 8.42. The lowest BCUT2D eigenvalue weighted by Gasteiger charge is -2.19. The molecule has 5 nitrogen and oxygen atoms in total. The number of amides is 1. The lowest BCUT2D eigenvalue weighted by molar-refractivity contribution is -0.124. The number of hydrogen-bond donors (Lipinski definition) is 2. The van der Waals surface area contributed by atoms with E-state index in [0.717, 1.165) is 24.2 Å². The second kappa shape index (κ2) is 5.89. The van der Waals surface area contributed by atoms with E-state index in [2.05, 4.69) is 24.3 Å². The Morgan fingerprint density at radius 2 is 1.94 bits per heavy atom. The molecule has 1 atom stereocenters. The second-order valence-electron chi connectivity index (χ2n) is 4.73. The van der Waals surface area contributed by atoms with Crippen LogP contribution in [0.15, 0.2) is 0 Å². The molecule has 1 amide bonds. The van der Waals surface area contributed by atoms with Crippen LogP contribution >= 0.6 is 0 Å². The molecule has 0 fully saturated rings. The van der Waals surface area contributed by atoms with Crippen LogP contribution in [0, 0.1) is 13.8 Å². The van der Waals surface area contributed by atoms with Crippen molar-refractivity contribution in [1.29, 1.82) is 0 Å². The van der Waals surface area contributed by atoms with E-state index >= 15 is 0 Å². The predicted octanol–water partition coefficient (Wildman–Crippen LogP) is 1.95. The quantitative estimate of drug-likeness (QED) is 0.841. The van der Waals surface area contributed by atoms with Crippen molar-refractivity contribution in [3.05, 3.63) is 11.4 Å². The number of nitrogen functional groups attached to an aromatic ring is 1. The molecule has 0 aliphatic carbocycles. The van der Waals surface area contributed by atoms with E-state index in [0.29, 0.717) is 5.69 Å². The van der Waals surface area contributed by atoms with Gasteiger partial charge in [0.05, 0.1) is 17.1 Å². The number of nitrogens with zero attached hydrogens (tertiary/aromatic N) is 2. The van der Waals surface area contributed by atoms with Gasteiger partial charge < -0.3 is 11.1 Å². The van der Waals surface area contributed by atoms with E-state index < -0.39 is 0 Å². The molecule has 102 valence electrons. The first kappa shape index (κ1) is 14.5. The molecule has 1 aromatic rings. The van der Waals surface area contributed by atoms with Gasteiger partial charge in [0.15, 0.2) is 0 Å². The third-order valence-electron chi connectivity index (χ3n) is 3.46. The van der Waals surface area contributed by atoms with Crippen LogP contribution in [0.4, 0.5) is 5.69 Å². The molecule has 0 saturated heterocycles. The van der Waals surface area contributed by atoms with E-state index in [1.807, 2.05) is 20.8 Å². The lowest BCUT2D eigenvalue weighted by atomic mass is 10.1. The molecule has 1 unspecified atom stereocenters. The Bertz CT molecular complexity index is 421. The van der Waals surface area contributed by atoms with E-state index in [9.17, 15) is 4.79 Å². The average molecular weight is 252 g/mol. The topological polar surface area (TPSA) is 72.9 Å². The molecule has 0 aliphatic rings. The first-order valence-electron chi connectivity index (χ1n) is 6.53. The van der Waals surface area contributed by atoms with Gasteiger partial charge in [0.25, 0.3) is 0 Å². The number of carbonyl (C=O) groups excluding carboxylic acids is 1. The second-order valence-corrected chi connectivity index (χ2v) is 4.73. The fourth-order valence-electron chi connectivity index (χ4n) is 1.98. The summed E-state index contributed by atoms with van der Waals surface area (Å²) >= 11 is 0. The Morgan fingerprint density at radius 1 is 1.39 bits per heavy atom. The van der Waals surface area contributed by atoms with Crippen molar-refractivity contribution < 1.29 is 4.79 Å². The molecule has 0 aliphatic heterocycles. The zero-order chi connectivity index (χ0) is 13.9. The molecular formula is C13H24N4O. The van der Waals surface area contributed by atoms with Gasteiger partial charge in [0.2, 0.25) is 5.91 Å². The molecule has 0 radical (unpaired) electrons. The summed E-state index contributed by atoms with van der Waals surface area (Å²) in [4.78, 5) is 12.1. The summed E-state index contributed by atoms with van der Waals surface area (Å²) in [7, 11) is 0. The van der Waals surface area contributed by atoms with Crippen LogP contribution in [0.1, 0.15) is 51.0 Å². The average Bonchev–Trinajstić information content (AvgIpc) is 2.62. The lowest BCUT2D eigenvalue weighted by Crippen LogP contribution is -2.38. The minimum Gasteiger partial charge on any atom is -0.396 e. The predicted molar refractivity (Wildman–Crippen MR) is 73.3 cm³/mol. The number of anilines is 1. The van der Waals surface area contributed by atoms with Gasteiger partial charge in [0.1, 0.15) is 6.04 Å². The van der Waals surface area contributed by atoms with Gasteiger partial charge in [-0.25, -0.2) is 0 Å². The van der Waals surface area contributed by atoms with Gasteiger partial charge in [-0.3, -0.25) is 9.48 Å². The maximum atomic E-state index is 12.1. The molecule has 0 spiro atoms. The van der Waals surface area contributed by atoms with Crippen molar-refractivity contribution in [3.8, 4) is 0 Å². The van der Waals surface area contributed by atoms with Gasteiger partial charge >= 0.3 is 0 Å². The minimum atomic E-state index is -0.332. The van der Waals surface area contributed by atoms with Gasteiger partial charge in [0, 0.05) is 6.04 Å². The van der Waals surface area contributed by atoms with Crippen LogP contribution in [0.3, 0.4) is 0 Å².